The molecule has 0 unspecified atom stereocenters. The number of aromatic nitrogens is 1. The number of amides is 5. The van der Waals surface area contributed by atoms with Gasteiger partial charge >= 0.3 is 12.1 Å². The Morgan fingerprint density at radius 2 is 1.92 bits per heavy atom. The van der Waals surface area contributed by atoms with Crippen molar-refractivity contribution in [3.05, 3.63) is 17.4 Å². The van der Waals surface area contributed by atoms with Gasteiger partial charge in [-0.25, -0.2) is 14.0 Å². The van der Waals surface area contributed by atoms with Gasteiger partial charge < -0.3 is 18.9 Å². The standard InChI is InChI=1S/C24H25F2N5O7/c1-10-8-30-16-12(7-24(18(30)11(2)37-10)20(32)27-22(34)28-21(24)33)6-14-17(15(16)26)38-29-19(14)31-13(4-3-5-25)9-36-23(31)35/h6,10-11,13,18H,3-5,7-9H2,1-2H3,(H2,27,28,32,33,34)/t10-,11+,13+,18-/m1/s1. The molecule has 2 N–H and O–H groups in total. The van der Waals surface area contributed by atoms with Gasteiger partial charge in [-0.1, -0.05) is 5.16 Å². The number of barbiturate groups is 1. The van der Waals surface area contributed by atoms with E-state index in [-0.39, 0.29) is 54.6 Å². The number of benzene rings is 1. The van der Waals surface area contributed by atoms with Gasteiger partial charge in [0.05, 0.1) is 42.0 Å². The summed E-state index contributed by atoms with van der Waals surface area (Å²) in [5, 5.41) is 8.47. The fourth-order valence-corrected chi connectivity index (χ4v) is 6.36. The number of hydrogen-bond donors (Lipinski definition) is 2. The lowest BCUT2D eigenvalue weighted by Gasteiger charge is -2.55. The SMILES string of the molecule is C[C@@H]1CN2c3c(cc4c(N5C(=O)OC[C@@H]5CCCF)noc4c3F)CC3(C(=O)NC(=O)NC3=O)[C@H]2[C@H](C)O1. The summed E-state index contributed by atoms with van der Waals surface area (Å²) in [6.45, 7) is 3.08. The minimum absolute atomic E-state index is 0.000621. The van der Waals surface area contributed by atoms with Gasteiger partial charge in [0.1, 0.15) is 6.61 Å². The number of anilines is 2. The van der Waals surface area contributed by atoms with Gasteiger partial charge in [0, 0.05) is 13.0 Å². The van der Waals surface area contributed by atoms with Gasteiger partial charge in [-0.2, -0.15) is 0 Å². The molecule has 3 fully saturated rings. The van der Waals surface area contributed by atoms with Crippen LogP contribution in [0.4, 0.5) is 29.9 Å². The number of carbonyl (C=O) groups excluding carboxylic acids is 4. The third-order valence-electron chi connectivity index (χ3n) is 7.81. The number of nitrogens with one attached hydrogen (secondary N) is 2. The molecule has 4 aliphatic heterocycles. The molecule has 5 heterocycles. The van der Waals surface area contributed by atoms with E-state index in [0.29, 0.717) is 12.0 Å². The van der Waals surface area contributed by atoms with Gasteiger partial charge in [0.25, 0.3) is 0 Å². The summed E-state index contributed by atoms with van der Waals surface area (Å²) < 4.78 is 45.5. The molecule has 1 spiro atoms. The number of morpholine rings is 1. The van der Waals surface area contributed by atoms with Gasteiger partial charge in [0.2, 0.25) is 17.4 Å². The molecule has 1 aromatic carbocycles. The smallest absolute Gasteiger partial charge is 0.416 e. The molecule has 0 radical (unpaired) electrons. The second kappa shape index (κ2) is 8.61. The fraction of sp³-hybridized carbons (Fsp3) is 0.542. The highest BCUT2D eigenvalue weighted by Crippen LogP contribution is 2.50. The van der Waals surface area contributed by atoms with E-state index >= 15 is 4.39 Å². The predicted molar refractivity (Wildman–Crippen MR) is 126 cm³/mol. The highest BCUT2D eigenvalue weighted by Gasteiger charge is 2.63. The topological polar surface area (TPSA) is 143 Å². The van der Waals surface area contributed by atoms with Crippen molar-refractivity contribution >= 4 is 46.4 Å². The first-order valence-corrected chi connectivity index (χ1v) is 12.4. The number of carbonyl (C=O) groups is 4. The number of halogens is 2. The van der Waals surface area contributed by atoms with Crippen molar-refractivity contribution in [3.63, 3.8) is 0 Å². The van der Waals surface area contributed by atoms with Gasteiger partial charge in [-0.3, -0.25) is 29.5 Å². The third-order valence-corrected chi connectivity index (χ3v) is 7.81. The number of hydrogen-bond acceptors (Lipinski definition) is 9. The molecule has 0 saturated carbocycles. The first kappa shape index (κ1) is 24.5. The monoisotopic (exact) mass is 533 g/mol. The van der Waals surface area contributed by atoms with E-state index in [1.54, 1.807) is 18.7 Å². The molecule has 14 heteroatoms. The maximum atomic E-state index is 16.2. The molecule has 3 saturated heterocycles. The van der Waals surface area contributed by atoms with Crippen LogP contribution in [0.15, 0.2) is 10.6 Å². The predicted octanol–water partition coefficient (Wildman–Crippen LogP) is 1.93. The summed E-state index contributed by atoms with van der Waals surface area (Å²) >= 11 is 0. The molecule has 2 aromatic rings. The summed E-state index contributed by atoms with van der Waals surface area (Å²) in [5.74, 6) is -2.38. The first-order valence-electron chi connectivity index (χ1n) is 12.4. The Labute approximate surface area is 214 Å². The molecule has 1 aromatic heterocycles. The Morgan fingerprint density at radius 1 is 1.18 bits per heavy atom. The van der Waals surface area contributed by atoms with Crippen molar-refractivity contribution in [2.75, 3.05) is 29.6 Å². The lowest BCUT2D eigenvalue weighted by atomic mass is 9.66. The van der Waals surface area contributed by atoms with E-state index in [2.05, 4.69) is 15.8 Å². The van der Waals surface area contributed by atoms with Gasteiger partial charge in [-0.05, 0) is 38.3 Å². The summed E-state index contributed by atoms with van der Waals surface area (Å²) in [4.78, 5) is 54.0. The Bertz CT molecular complexity index is 1360. The zero-order chi connectivity index (χ0) is 26.9. The normalized spacial score (nSPS) is 28.3. The van der Waals surface area contributed by atoms with Crippen LogP contribution in [-0.4, -0.2) is 73.2 Å². The Kier molecular flexibility index (Phi) is 5.56. The Morgan fingerprint density at radius 3 is 2.63 bits per heavy atom. The average molecular weight is 533 g/mol. The van der Waals surface area contributed by atoms with Crippen LogP contribution in [0, 0.1) is 11.2 Å². The highest BCUT2D eigenvalue weighted by atomic mass is 19.1. The van der Waals surface area contributed by atoms with Crippen LogP contribution in [-0.2, 0) is 25.5 Å². The molecule has 0 aliphatic carbocycles. The quantitative estimate of drug-likeness (QED) is 0.564. The molecular formula is C24H25F2N5O7. The second-order valence-corrected chi connectivity index (χ2v) is 10.1. The summed E-state index contributed by atoms with van der Waals surface area (Å²) in [5.41, 5.74) is -1.58. The van der Waals surface area contributed by atoms with Crippen LogP contribution in [0.5, 0.6) is 0 Å². The fourth-order valence-electron chi connectivity index (χ4n) is 6.36. The van der Waals surface area contributed by atoms with Crippen molar-refractivity contribution in [2.45, 2.75) is 57.4 Å². The van der Waals surface area contributed by atoms with Gasteiger partial charge in [0.15, 0.2) is 17.1 Å². The average Bonchev–Trinajstić information content (AvgIpc) is 3.43. The number of urea groups is 1. The van der Waals surface area contributed by atoms with E-state index in [4.69, 9.17) is 14.0 Å². The summed E-state index contributed by atoms with van der Waals surface area (Å²) in [7, 11) is 0. The molecule has 4 atom stereocenters. The molecular weight excluding hydrogens is 508 g/mol. The molecule has 5 amide bonds. The molecule has 12 nitrogen and oxygen atoms in total. The zero-order valence-corrected chi connectivity index (χ0v) is 20.6. The number of nitrogens with zero attached hydrogens (tertiary/aromatic N) is 3. The third kappa shape index (κ3) is 3.32. The molecule has 6 rings (SSSR count). The van der Waals surface area contributed by atoms with E-state index in [1.807, 2.05) is 0 Å². The lowest BCUT2D eigenvalue weighted by Crippen LogP contribution is -2.75. The Balaban J connectivity index is 1.53. The largest absolute Gasteiger partial charge is 0.447 e. The zero-order valence-electron chi connectivity index (χ0n) is 20.6. The van der Waals surface area contributed by atoms with Crippen molar-refractivity contribution < 1.29 is 42.0 Å². The highest BCUT2D eigenvalue weighted by molar-refractivity contribution is 6.20. The van der Waals surface area contributed by atoms with Crippen LogP contribution in [0.3, 0.4) is 0 Å². The van der Waals surface area contributed by atoms with Crippen molar-refractivity contribution in [3.8, 4) is 0 Å². The number of ether oxygens (including phenoxy) is 2. The molecule has 4 aliphatic rings. The van der Waals surface area contributed by atoms with E-state index in [9.17, 15) is 23.6 Å². The number of fused-ring (bicyclic) bond motifs is 5. The maximum absolute atomic E-state index is 16.2. The number of imide groups is 2. The first-order chi connectivity index (χ1) is 18.2. The van der Waals surface area contributed by atoms with Crippen LogP contribution in [0.25, 0.3) is 11.0 Å². The minimum atomic E-state index is -1.80. The minimum Gasteiger partial charge on any atom is -0.447 e. The van der Waals surface area contributed by atoms with E-state index < -0.39 is 60.0 Å². The van der Waals surface area contributed by atoms with E-state index in [0.717, 1.165) is 0 Å². The Hall–Kier alpha value is -3.81. The van der Waals surface area contributed by atoms with E-state index in [1.165, 1.54) is 11.0 Å². The van der Waals surface area contributed by atoms with Crippen LogP contribution >= 0.6 is 0 Å². The van der Waals surface area contributed by atoms with Gasteiger partial charge in [-0.15, -0.1) is 0 Å². The second-order valence-electron chi connectivity index (χ2n) is 10.1. The van der Waals surface area contributed by atoms with Crippen LogP contribution in [0.2, 0.25) is 0 Å². The number of alkyl halides is 1. The number of cyclic esters (lactones) is 1. The van der Waals surface area contributed by atoms with Crippen LogP contribution in [0.1, 0.15) is 32.3 Å². The molecule has 202 valence electrons. The maximum Gasteiger partial charge on any atom is 0.416 e. The van der Waals surface area contributed by atoms with Crippen molar-refractivity contribution in [1.82, 2.24) is 15.8 Å². The van der Waals surface area contributed by atoms with Crippen LogP contribution < -0.4 is 20.4 Å². The summed E-state index contributed by atoms with van der Waals surface area (Å²) in [6, 6.07) is -0.844. The number of rotatable bonds is 4. The summed E-state index contributed by atoms with van der Waals surface area (Å²) in [6.07, 6.45) is -1.52. The molecule has 38 heavy (non-hydrogen) atoms. The van der Waals surface area contributed by atoms with Crippen molar-refractivity contribution in [2.24, 2.45) is 5.41 Å². The molecule has 0 bridgehead atoms. The van der Waals surface area contributed by atoms with Crippen molar-refractivity contribution in [1.29, 1.82) is 0 Å². The lowest BCUT2D eigenvalue weighted by molar-refractivity contribution is -0.153.